The number of hydrogen-bond donors (Lipinski definition) is 3. The number of anilines is 1. The van der Waals surface area contributed by atoms with Crippen LogP contribution in [0.25, 0.3) is 0 Å². The van der Waals surface area contributed by atoms with Crippen LogP contribution in [0.4, 0.5) is 5.00 Å². The summed E-state index contributed by atoms with van der Waals surface area (Å²) in [4.78, 5) is 22.3. The van der Waals surface area contributed by atoms with Crippen molar-refractivity contribution in [3.8, 4) is 0 Å². The van der Waals surface area contributed by atoms with Crippen molar-refractivity contribution in [3.05, 3.63) is 11.3 Å². The minimum Gasteiger partial charge on any atom is -0.478 e. The number of hydrogen-bond acceptors (Lipinski definition) is 5. The molecule has 0 saturated heterocycles. The number of nitrogens with one attached hydrogen (secondary N) is 1. The minimum atomic E-state index is -1.08. The van der Waals surface area contributed by atoms with E-state index in [0.717, 1.165) is 11.5 Å². The van der Waals surface area contributed by atoms with E-state index >= 15 is 0 Å². The fourth-order valence-corrected chi connectivity index (χ4v) is 1.96. The predicted octanol–water partition coefficient (Wildman–Crippen LogP) is 0.827. The lowest BCUT2D eigenvalue weighted by atomic mass is 10.2. The second-order valence-electron chi connectivity index (χ2n) is 3.22. The minimum absolute atomic E-state index is 0.0612. The van der Waals surface area contributed by atoms with Gasteiger partial charge in [-0.05, 0) is 31.4 Å². The van der Waals surface area contributed by atoms with E-state index in [4.69, 9.17) is 10.8 Å². The van der Waals surface area contributed by atoms with Crippen molar-refractivity contribution in [1.29, 1.82) is 0 Å². The predicted molar refractivity (Wildman–Crippen MR) is 60.7 cm³/mol. The average molecular weight is 243 g/mol. The maximum atomic E-state index is 11.4. The Bertz CT molecular complexity index is 403. The highest BCUT2D eigenvalue weighted by Crippen LogP contribution is 2.24. The molecule has 0 spiro atoms. The summed E-state index contributed by atoms with van der Waals surface area (Å²) < 4.78 is 3.89. The molecule has 0 unspecified atom stereocenters. The average Bonchev–Trinajstić information content (AvgIpc) is 2.56. The van der Waals surface area contributed by atoms with Crippen LogP contribution in [0.3, 0.4) is 0 Å². The molecule has 4 N–H and O–H groups in total. The normalized spacial score (nSPS) is 10.1. The quantitative estimate of drug-likeness (QED) is 0.710. The van der Waals surface area contributed by atoms with Gasteiger partial charge in [0, 0.05) is 6.42 Å². The van der Waals surface area contributed by atoms with Crippen LogP contribution in [-0.4, -0.2) is 27.9 Å². The first-order chi connectivity index (χ1) is 7.56. The lowest BCUT2D eigenvalue weighted by Gasteiger charge is -2.02. The molecular formula is C9H13N3O3S. The number of nitrogens with zero attached hydrogens (tertiary/aromatic N) is 1. The highest BCUT2D eigenvalue weighted by molar-refractivity contribution is 7.11. The van der Waals surface area contributed by atoms with Crippen molar-refractivity contribution in [2.75, 3.05) is 11.9 Å². The summed E-state index contributed by atoms with van der Waals surface area (Å²) in [5.74, 6) is -1.32. The van der Waals surface area contributed by atoms with Gasteiger partial charge in [-0.1, -0.05) is 0 Å². The van der Waals surface area contributed by atoms with Crippen LogP contribution in [0.1, 0.15) is 28.9 Å². The molecule has 1 heterocycles. The topological polar surface area (TPSA) is 105 Å². The molecule has 0 fully saturated rings. The van der Waals surface area contributed by atoms with Crippen LogP contribution in [0.2, 0.25) is 0 Å². The number of rotatable bonds is 5. The number of nitrogens with two attached hydrogens (primary N) is 1. The second kappa shape index (κ2) is 5.57. The number of aromatic carboxylic acids is 1. The summed E-state index contributed by atoms with van der Waals surface area (Å²) in [6.45, 7) is 2.02. The van der Waals surface area contributed by atoms with Crippen LogP contribution in [0, 0.1) is 6.92 Å². The summed E-state index contributed by atoms with van der Waals surface area (Å²) >= 11 is 0.972. The number of carbonyl (C=O) groups is 2. The number of aromatic nitrogens is 1. The maximum Gasteiger partial charge on any atom is 0.340 e. The molecule has 0 atom stereocenters. The Kier molecular flexibility index (Phi) is 4.39. The van der Waals surface area contributed by atoms with Crippen molar-refractivity contribution in [1.82, 2.24) is 4.37 Å². The Morgan fingerprint density at radius 3 is 2.81 bits per heavy atom. The van der Waals surface area contributed by atoms with Gasteiger partial charge < -0.3 is 16.2 Å². The molecule has 6 nitrogen and oxygen atoms in total. The van der Waals surface area contributed by atoms with Crippen LogP contribution >= 0.6 is 11.5 Å². The Morgan fingerprint density at radius 2 is 2.25 bits per heavy atom. The molecule has 1 rings (SSSR count). The van der Waals surface area contributed by atoms with Crippen molar-refractivity contribution in [3.63, 3.8) is 0 Å². The molecule has 0 saturated carbocycles. The second-order valence-corrected chi connectivity index (χ2v) is 3.99. The van der Waals surface area contributed by atoms with Crippen molar-refractivity contribution in [2.45, 2.75) is 19.8 Å². The van der Waals surface area contributed by atoms with E-state index in [-0.39, 0.29) is 22.9 Å². The van der Waals surface area contributed by atoms with E-state index in [1.54, 1.807) is 6.92 Å². The zero-order chi connectivity index (χ0) is 12.1. The third-order valence-corrected chi connectivity index (χ3v) is 2.79. The highest BCUT2D eigenvalue weighted by Gasteiger charge is 2.18. The van der Waals surface area contributed by atoms with Gasteiger partial charge in [0.25, 0.3) is 0 Å². The van der Waals surface area contributed by atoms with Gasteiger partial charge in [-0.3, -0.25) is 4.79 Å². The van der Waals surface area contributed by atoms with Gasteiger partial charge in [0.05, 0.1) is 5.69 Å². The molecule has 0 radical (unpaired) electrons. The zero-order valence-electron chi connectivity index (χ0n) is 8.82. The molecule has 16 heavy (non-hydrogen) atoms. The fourth-order valence-electron chi connectivity index (χ4n) is 1.16. The number of carboxylic acids is 1. The summed E-state index contributed by atoms with van der Waals surface area (Å²) in [6, 6.07) is 0. The molecule has 0 aliphatic rings. The molecule has 0 bridgehead atoms. The Hall–Kier alpha value is -1.47. The smallest absolute Gasteiger partial charge is 0.340 e. The third-order valence-electron chi connectivity index (χ3n) is 1.94. The van der Waals surface area contributed by atoms with Gasteiger partial charge in [0.15, 0.2) is 0 Å². The standard InChI is InChI=1S/C9H13N3O3S/c1-5-7(9(14)15)8(16-12-5)11-6(13)3-2-4-10/h2-4,10H2,1H3,(H,11,13)(H,14,15). The third kappa shape index (κ3) is 3.01. The molecule has 0 aliphatic carbocycles. The monoisotopic (exact) mass is 243 g/mol. The molecule has 0 aromatic carbocycles. The van der Waals surface area contributed by atoms with Gasteiger partial charge >= 0.3 is 5.97 Å². The lowest BCUT2D eigenvalue weighted by Crippen LogP contribution is -2.14. The summed E-state index contributed by atoms with van der Waals surface area (Å²) in [6.07, 6.45) is 0.860. The van der Waals surface area contributed by atoms with Crippen LogP contribution in [0.5, 0.6) is 0 Å². The maximum absolute atomic E-state index is 11.4. The SMILES string of the molecule is Cc1nsc(NC(=O)CCCN)c1C(=O)O. The highest BCUT2D eigenvalue weighted by atomic mass is 32.1. The number of aryl methyl sites for hydroxylation is 1. The van der Waals surface area contributed by atoms with Crippen LogP contribution < -0.4 is 11.1 Å². The molecule has 7 heteroatoms. The Labute approximate surface area is 96.6 Å². The lowest BCUT2D eigenvalue weighted by molar-refractivity contribution is -0.116. The van der Waals surface area contributed by atoms with Gasteiger partial charge in [-0.2, -0.15) is 4.37 Å². The van der Waals surface area contributed by atoms with Crippen molar-refractivity contribution < 1.29 is 14.7 Å². The van der Waals surface area contributed by atoms with E-state index in [1.807, 2.05) is 0 Å². The first-order valence-electron chi connectivity index (χ1n) is 4.75. The van der Waals surface area contributed by atoms with Crippen LogP contribution in [-0.2, 0) is 4.79 Å². The van der Waals surface area contributed by atoms with E-state index in [2.05, 4.69) is 9.69 Å². The number of carboxylic acid groups (broad SMARTS) is 1. The number of carbonyl (C=O) groups excluding carboxylic acids is 1. The van der Waals surface area contributed by atoms with Gasteiger partial charge in [0.1, 0.15) is 10.6 Å². The summed E-state index contributed by atoms with van der Waals surface area (Å²) in [5, 5.41) is 11.7. The first kappa shape index (κ1) is 12.6. The molecular weight excluding hydrogens is 230 g/mol. The molecule has 88 valence electrons. The van der Waals surface area contributed by atoms with Crippen molar-refractivity contribution >= 4 is 28.4 Å². The molecule has 1 aromatic heterocycles. The van der Waals surface area contributed by atoms with Gasteiger partial charge in [-0.15, -0.1) is 0 Å². The summed E-state index contributed by atoms with van der Waals surface area (Å²) in [7, 11) is 0. The van der Waals surface area contributed by atoms with E-state index in [9.17, 15) is 9.59 Å². The Balaban J connectivity index is 2.74. The van der Waals surface area contributed by atoms with Crippen molar-refractivity contribution in [2.24, 2.45) is 5.73 Å². The van der Waals surface area contributed by atoms with E-state index in [0.29, 0.717) is 18.7 Å². The summed E-state index contributed by atoms with van der Waals surface area (Å²) in [5.41, 5.74) is 5.74. The Morgan fingerprint density at radius 1 is 1.56 bits per heavy atom. The van der Waals surface area contributed by atoms with E-state index < -0.39 is 5.97 Å². The zero-order valence-corrected chi connectivity index (χ0v) is 9.63. The van der Waals surface area contributed by atoms with Gasteiger partial charge in [-0.25, -0.2) is 4.79 Å². The molecule has 1 aromatic rings. The fraction of sp³-hybridized carbons (Fsp3) is 0.444. The molecule has 0 aliphatic heterocycles. The van der Waals surface area contributed by atoms with Gasteiger partial charge in [0.2, 0.25) is 5.91 Å². The van der Waals surface area contributed by atoms with Crippen LogP contribution in [0.15, 0.2) is 0 Å². The van der Waals surface area contributed by atoms with E-state index in [1.165, 1.54) is 0 Å². The first-order valence-corrected chi connectivity index (χ1v) is 5.53. The number of amides is 1. The largest absolute Gasteiger partial charge is 0.478 e. The molecule has 1 amide bonds.